The van der Waals surface area contributed by atoms with E-state index in [9.17, 15) is 0 Å². The number of pyridine rings is 1. The second kappa shape index (κ2) is 2.90. The number of rotatable bonds is 1. The van der Waals surface area contributed by atoms with Crippen LogP contribution in [0.2, 0.25) is 0 Å². The maximum absolute atomic E-state index is 8.97. The van der Waals surface area contributed by atoms with E-state index in [4.69, 9.17) is 15.2 Å². The zero-order valence-electron chi connectivity index (χ0n) is 6.02. The van der Waals surface area contributed by atoms with E-state index in [1.165, 1.54) is 12.3 Å². The van der Waals surface area contributed by atoms with Crippen LogP contribution >= 0.6 is 0 Å². The third-order valence-corrected chi connectivity index (χ3v) is 1.31. The fourth-order valence-electron chi connectivity index (χ4n) is 0.775. The molecule has 0 aliphatic rings. The van der Waals surface area contributed by atoms with Crippen molar-refractivity contribution in [1.82, 2.24) is 4.98 Å². The van der Waals surface area contributed by atoms with Crippen LogP contribution in [0.4, 0.5) is 0 Å². The molecular formula is C6H8BNO3. The van der Waals surface area contributed by atoms with Gasteiger partial charge in [0.25, 0.3) is 0 Å². The summed E-state index contributed by atoms with van der Waals surface area (Å²) < 4.78 is 0. The van der Waals surface area contributed by atoms with Crippen LogP contribution in [0.3, 0.4) is 0 Å². The van der Waals surface area contributed by atoms with Crippen molar-refractivity contribution in [2.75, 3.05) is 0 Å². The van der Waals surface area contributed by atoms with Gasteiger partial charge in [-0.3, -0.25) is 0 Å². The van der Waals surface area contributed by atoms with Gasteiger partial charge in [-0.15, -0.1) is 0 Å². The summed E-state index contributed by atoms with van der Waals surface area (Å²) in [4.78, 5) is 3.54. The van der Waals surface area contributed by atoms with Crippen LogP contribution in [0.25, 0.3) is 0 Å². The molecule has 0 aliphatic heterocycles. The van der Waals surface area contributed by atoms with Crippen molar-refractivity contribution in [3.8, 4) is 5.88 Å². The first-order valence-electron chi connectivity index (χ1n) is 3.13. The lowest BCUT2D eigenvalue weighted by molar-refractivity contribution is 0.415. The molecule has 1 rings (SSSR count). The molecule has 0 aliphatic carbocycles. The van der Waals surface area contributed by atoms with Crippen molar-refractivity contribution in [3.63, 3.8) is 0 Å². The van der Waals surface area contributed by atoms with Gasteiger partial charge in [-0.25, -0.2) is 4.98 Å². The molecular weight excluding hydrogens is 145 g/mol. The average Bonchev–Trinajstić information content (AvgIpc) is 1.94. The van der Waals surface area contributed by atoms with E-state index in [2.05, 4.69) is 4.98 Å². The number of aryl methyl sites for hydroxylation is 1. The SMILES string of the molecule is Cc1cnc(O)c(B(O)O)c1. The van der Waals surface area contributed by atoms with Crippen LogP contribution < -0.4 is 5.46 Å². The maximum Gasteiger partial charge on any atom is 0.494 e. The molecule has 1 aromatic rings. The molecule has 11 heavy (non-hydrogen) atoms. The summed E-state index contributed by atoms with van der Waals surface area (Å²) in [6, 6.07) is 1.47. The monoisotopic (exact) mass is 153 g/mol. The fraction of sp³-hybridized carbons (Fsp3) is 0.167. The lowest BCUT2D eigenvalue weighted by atomic mass is 9.80. The number of hydrogen-bond acceptors (Lipinski definition) is 4. The van der Waals surface area contributed by atoms with Gasteiger partial charge in [-0.2, -0.15) is 0 Å². The first-order chi connectivity index (χ1) is 5.11. The van der Waals surface area contributed by atoms with Crippen molar-refractivity contribution in [3.05, 3.63) is 17.8 Å². The van der Waals surface area contributed by atoms with Crippen LogP contribution in [-0.4, -0.2) is 27.3 Å². The molecule has 0 bridgehead atoms. The highest BCUT2D eigenvalue weighted by Crippen LogP contribution is 2.01. The Bertz CT molecular complexity index is 264. The van der Waals surface area contributed by atoms with E-state index < -0.39 is 7.12 Å². The fourth-order valence-corrected chi connectivity index (χ4v) is 0.775. The van der Waals surface area contributed by atoms with Crippen LogP contribution in [0, 0.1) is 6.92 Å². The van der Waals surface area contributed by atoms with E-state index in [0.29, 0.717) is 0 Å². The molecule has 5 heteroatoms. The lowest BCUT2D eigenvalue weighted by Gasteiger charge is -2.01. The van der Waals surface area contributed by atoms with Crippen molar-refractivity contribution >= 4 is 12.6 Å². The minimum atomic E-state index is -1.66. The molecule has 0 radical (unpaired) electrons. The Labute approximate surface area is 64.3 Å². The second-order valence-electron chi connectivity index (χ2n) is 2.30. The third kappa shape index (κ3) is 1.69. The van der Waals surface area contributed by atoms with Gasteiger partial charge >= 0.3 is 7.12 Å². The van der Waals surface area contributed by atoms with Gasteiger partial charge in [0.2, 0.25) is 5.88 Å². The van der Waals surface area contributed by atoms with Gasteiger partial charge in [0.1, 0.15) is 0 Å². The molecule has 0 saturated heterocycles. The molecule has 0 spiro atoms. The first kappa shape index (κ1) is 8.04. The predicted octanol–water partition coefficient (Wildman–Crippen LogP) is -1.22. The van der Waals surface area contributed by atoms with Gasteiger partial charge < -0.3 is 15.2 Å². The van der Waals surface area contributed by atoms with Crippen LogP contribution in [0.15, 0.2) is 12.3 Å². The van der Waals surface area contributed by atoms with Crippen LogP contribution in [0.1, 0.15) is 5.56 Å². The molecule has 1 heterocycles. The third-order valence-electron chi connectivity index (χ3n) is 1.31. The number of hydrogen-bond donors (Lipinski definition) is 3. The predicted molar refractivity (Wildman–Crippen MR) is 40.5 cm³/mol. The second-order valence-corrected chi connectivity index (χ2v) is 2.30. The quantitative estimate of drug-likeness (QED) is 0.442. The van der Waals surface area contributed by atoms with Crippen LogP contribution in [-0.2, 0) is 0 Å². The highest BCUT2D eigenvalue weighted by Gasteiger charge is 2.16. The highest BCUT2D eigenvalue weighted by atomic mass is 16.4. The first-order valence-corrected chi connectivity index (χ1v) is 3.13. The lowest BCUT2D eigenvalue weighted by Crippen LogP contribution is -2.30. The topological polar surface area (TPSA) is 73.6 Å². The Balaban J connectivity index is 3.13. The Kier molecular flexibility index (Phi) is 2.12. The minimum Gasteiger partial charge on any atom is -0.494 e. The Hall–Kier alpha value is -1.07. The van der Waals surface area contributed by atoms with Gasteiger partial charge in [0.15, 0.2) is 0 Å². The number of nitrogens with zero attached hydrogens (tertiary/aromatic N) is 1. The molecule has 0 atom stereocenters. The maximum atomic E-state index is 8.97. The Morgan fingerprint density at radius 3 is 2.55 bits per heavy atom. The van der Waals surface area contributed by atoms with Crippen LogP contribution in [0.5, 0.6) is 5.88 Å². The summed E-state index contributed by atoms with van der Waals surface area (Å²) in [7, 11) is -1.66. The van der Waals surface area contributed by atoms with Crippen molar-refractivity contribution in [2.24, 2.45) is 0 Å². The number of aromatic nitrogens is 1. The Morgan fingerprint density at radius 2 is 2.09 bits per heavy atom. The van der Waals surface area contributed by atoms with E-state index in [1.807, 2.05) is 0 Å². The number of aromatic hydroxyl groups is 1. The molecule has 0 fully saturated rings. The average molecular weight is 153 g/mol. The molecule has 58 valence electrons. The zero-order chi connectivity index (χ0) is 8.43. The van der Waals surface area contributed by atoms with E-state index in [-0.39, 0.29) is 11.3 Å². The summed E-state index contributed by atoms with van der Waals surface area (Å²) in [6.45, 7) is 1.75. The molecule has 0 aromatic carbocycles. The van der Waals surface area contributed by atoms with E-state index >= 15 is 0 Å². The summed E-state index contributed by atoms with van der Waals surface area (Å²) in [5.41, 5.74) is 0.802. The summed E-state index contributed by atoms with van der Waals surface area (Å²) >= 11 is 0. The molecule has 1 aromatic heterocycles. The van der Waals surface area contributed by atoms with Gasteiger partial charge in [-0.1, -0.05) is 6.07 Å². The summed E-state index contributed by atoms with van der Waals surface area (Å²) in [5, 5.41) is 26.3. The van der Waals surface area contributed by atoms with Gasteiger partial charge in [-0.05, 0) is 12.5 Å². The smallest absolute Gasteiger partial charge is 0.494 e. The minimum absolute atomic E-state index is 0.0324. The standard InChI is InChI=1S/C6H8BNO3/c1-4-2-5(7(10)11)6(9)8-3-4/h2-3,10-11H,1H3,(H,8,9). The molecule has 3 N–H and O–H groups in total. The molecule has 0 saturated carbocycles. The molecule has 0 unspecified atom stereocenters. The summed E-state index contributed by atoms with van der Waals surface area (Å²) in [6.07, 6.45) is 1.45. The highest BCUT2D eigenvalue weighted by molar-refractivity contribution is 6.59. The Morgan fingerprint density at radius 1 is 1.45 bits per heavy atom. The largest absolute Gasteiger partial charge is 0.494 e. The molecule has 0 amide bonds. The van der Waals surface area contributed by atoms with E-state index in [1.54, 1.807) is 6.92 Å². The zero-order valence-corrected chi connectivity index (χ0v) is 6.02. The van der Waals surface area contributed by atoms with Crippen molar-refractivity contribution in [1.29, 1.82) is 0 Å². The summed E-state index contributed by atoms with van der Waals surface area (Å²) in [5.74, 6) is -0.342. The normalized spacial score (nSPS) is 9.73. The van der Waals surface area contributed by atoms with Crippen molar-refractivity contribution < 1.29 is 15.2 Å². The molecule has 4 nitrogen and oxygen atoms in total. The van der Waals surface area contributed by atoms with Gasteiger partial charge in [0, 0.05) is 11.7 Å². The van der Waals surface area contributed by atoms with Crippen molar-refractivity contribution in [2.45, 2.75) is 6.92 Å². The van der Waals surface area contributed by atoms with Gasteiger partial charge in [0.05, 0.1) is 0 Å². The van der Waals surface area contributed by atoms with E-state index in [0.717, 1.165) is 5.56 Å².